The molecule has 0 aromatic carbocycles. The lowest BCUT2D eigenvalue weighted by atomic mass is 9.97. The number of hydrogen-bond acceptors (Lipinski definition) is 3. The van der Waals surface area contributed by atoms with Gasteiger partial charge in [-0.25, -0.2) is 22.4 Å². The van der Waals surface area contributed by atoms with Gasteiger partial charge in [0, 0.05) is 12.3 Å². The van der Waals surface area contributed by atoms with Gasteiger partial charge in [0.25, 0.3) is 0 Å². The Bertz CT molecular complexity index is 446. The maximum atomic E-state index is 14.5. The van der Waals surface area contributed by atoms with Crippen LogP contribution in [0, 0.1) is 5.92 Å². The van der Waals surface area contributed by atoms with Crippen molar-refractivity contribution >= 4 is 7.82 Å². The van der Waals surface area contributed by atoms with Gasteiger partial charge in [-0.2, -0.15) is 17.6 Å². The molecule has 0 bridgehead atoms. The van der Waals surface area contributed by atoms with E-state index in [4.69, 9.17) is 4.89 Å². The van der Waals surface area contributed by atoms with Crippen molar-refractivity contribution in [3.8, 4) is 0 Å². The van der Waals surface area contributed by atoms with Crippen LogP contribution in [0.25, 0.3) is 0 Å². The topological polar surface area (TPSA) is 55.8 Å². The van der Waals surface area contributed by atoms with Crippen molar-refractivity contribution in [1.82, 2.24) is 0 Å². The van der Waals surface area contributed by atoms with Gasteiger partial charge >= 0.3 is 19.9 Å². The predicted molar refractivity (Wildman–Crippen MR) is 63.9 cm³/mol. The number of halogens is 6. The summed E-state index contributed by atoms with van der Waals surface area (Å²) in [5.74, 6) is -9.24. The van der Waals surface area contributed by atoms with Crippen LogP contribution in [-0.4, -0.2) is 29.0 Å². The van der Waals surface area contributed by atoms with Gasteiger partial charge in [-0.3, -0.25) is 0 Å². The van der Waals surface area contributed by atoms with E-state index in [9.17, 15) is 30.9 Å². The van der Waals surface area contributed by atoms with Crippen LogP contribution < -0.4 is 0 Å². The molecule has 0 aromatic heterocycles. The highest BCUT2D eigenvalue weighted by atomic mass is 31.2. The van der Waals surface area contributed by atoms with E-state index in [0.717, 1.165) is 0 Å². The highest BCUT2D eigenvalue weighted by Crippen LogP contribution is 2.58. The van der Waals surface area contributed by atoms with E-state index in [2.05, 4.69) is 9.05 Å². The zero-order valence-corrected chi connectivity index (χ0v) is 12.8. The average Bonchev–Trinajstić information content (AvgIpc) is 2.31. The van der Waals surface area contributed by atoms with Crippen LogP contribution in [0.1, 0.15) is 39.5 Å². The molecule has 0 spiro atoms. The van der Waals surface area contributed by atoms with E-state index in [-0.39, 0.29) is 12.8 Å². The van der Waals surface area contributed by atoms with Crippen LogP contribution in [0.4, 0.5) is 26.3 Å². The van der Waals surface area contributed by atoms with Gasteiger partial charge in [-0.1, -0.05) is 20.3 Å². The number of alkyl halides is 6. The third-order valence-electron chi connectivity index (χ3n) is 3.37. The zero-order chi connectivity index (χ0) is 17.4. The number of phosphoric acid groups is 1. The summed E-state index contributed by atoms with van der Waals surface area (Å²) in [5, 5.41) is 0. The summed E-state index contributed by atoms with van der Waals surface area (Å²) in [6.45, 7) is 2.48. The van der Waals surface area contributed by atoms with Gasteiger partial charge in [0.15, 0.2) is 6.17 Å². The second kappa shape index (κ2) is 6.30. The fraction of sp³-hybridized carbons (Fsp3) is 1.00. The number of hydrogen-bond donors (Lipinski definition) is 1. The molecular formula is C11H17F6O4P. The van der Waals surface area contributed by atoms with E-state index in [1.54, 1.807) is 0 Å². The summed E-state index contributed by atoms with van der Waals surface area (Å²) < 4.78 is 99.7. The Labute approximate surface area is 123 Å². The first-order valence-corrected chi connectivity index (χ1v) is 8.06. The first kappa shape index (κ1) is 19.7. The molecular weight excluding hydrogens is 341 g/mol. The van der Waals surface area contributed by atoms with E-state index in [0.29, 0.717) is 0 Å². The molecule has 1 N–H and O–H groups in total. The summed E-state index contributed by atoms with van der Waals surface area (Å²) in [7, 11) is -5.90. The average molecular weight is 358 g/mol. The third-order valence-corrected chi connectivity index (χ3v) is 4.36. The Hall–Kier alpha value is -0.310. The maximum Gasteiger partial charge on any atom is 0.479 e. The molecule has 1 rings (SSSR count). The van der Waals surface area contributed by atoms with E-state index in [1.807, 2.05) is 0 Å². The standard InChI is InChI=1S/C11H17F6O4P/c1-7(2)9(13)6-4-3-5-8(12)10(14,15)11(16,17)21-22(18,19)20-9/h7-8H,3-6H2,1-2H3,(H,18,19). The molecule has 0 radical (unpaired) electrons. The van der Waals surface area contributed by atoms with Gasteiger partial charge in [-0.15, -0.1) is 0 Å². The lowest BCUT2D eigenvalue weighted by Gasteiger charge is -2.32. The monoisotopic (exact) mass is 358 g/mol. The zero-order valence-electron chi connectivity index (χ0n) is 11.9. The van der Waals surface area contributed by atoms with Gasteiger partial charge in [0.1, 0.15) is 0 Å². The molecule has 132 valence electrons. The third kappa shape index (κ3) is 4.15. The fourth-order valence-electron chi connectivity index (χ4n) is 1.91. The Balaban J connectivity index is 3.19. The summed E-state index contributed by atoms with van der Waals surface area (Å²) >= 11 is 0. The summed E-state index contributed by atoms with van der Waals surface area (Å²) in [4.78, 5) is 9.16. The van der Waals surface area contributed by atoms with Crippen LogP contribution in [-0.2, 0) is 13.6 Å². The summed E-state index contributed by atoms with van der Waals surface area (Å²) in [6.07, 6.45) is -11.0. The van der Waals surface area contributed by atoms with Gasteiger partial charge in [0.2, 0.25) is 5.85 Å². The Morgan fingerprint density at radius 1 is 1.14 bits per heavy atom. The largest absolute Gasteiger partial charge is 0.479 e. The molecule has 1 heterocycles. The molecule has 1 saturated heterocycles. The van der Waals surface area contributed by atoms with Crippen LogP contribution in [0.2, 0.25) is 0 Å². The highest BCUT2D eigenvalue weighted by Gasteiger charge is 2.66. The Morgan fingerprint density at radius 3 is 2.18 bits per heavy atom. The molecule has 3 atom stereocenters. The highest BCUT2D eigenvalue weighted by molar-refractivity contribution is 7.47. The van der Waals surface area contributed by atoms with Crippen LogP contribution >= 0.6 is 7.82 Å². The summed E-state index contributed by atoms with van der Waals surface area (Å²) in [5.41, 5.74) is 0. The molecule has 22 heavy (non-hydrogen) atoms. The van der Waals surface area contributed by atoms with Crippen LogP contribution in [0.3, 0.4) is 0 Å². The van der Waals surface area contributed by atoms with E-state index < -0.39 is 50.6 Å². The van der Waals surface area contributed by atoms with Crippen LogP contribution in [0.5, 0.6) is 0 Å². The molecule has 1 aliphatic rings. The molecule has 4 nitrogen and oxygen atoms in total. The van der Waals surface area contributed by atoms with Gasteiger partial charge < -0.3 is 4.89 Å². The smallest absolute Gasteiger partial charge is 0.302 e. The lowest BCUT2D eigenvalue weighted by molar-refractivity contribution is -0.334. The van der Waals surface area contributed by atoms with E-state index in [1.165, 1.54) is 13.8 Å². The van der Waals surface area contributed by atoms with Crippen molar-refractivity contribution in [2.45, 2.75) is 63.6 Å². The minimum Gasteiger partial charge on any atom is -0.302 e. The molecule has 1 aliphatic heterocycles. The first-order chi connectivity index (χ1) is 9.74. The van der Waals surface area contributed by atoms with Crippen molar-refractivity contribution in [3.63, 3.8) is 0 Å². The Morgan fingerprint density at radius 2 is 1.68 bits per heavy atom. The van der Waals surface area contributed by atoms with Crippen molar-refractivity contribution in [1.29, 1.82) is 0 Å². The second-order valence-corrected chi connectivity index (χ2v) is 6.75. The number of phosphoric ester groups is 1. The van der Waals surface area contributed by atoms with E-state index >= 15 is 0 Å². The van der Waals surface area contributed by atoms with Crippen molar-refractivity contribution in [2.24, 2.45) is 5.92 Å². The predicted octanol–water partition coefficient (Wildman–Crippen LogP) is 4.58. The summed E-state index contributed by atoms with van der Waals surface area (Å²) in [6, 6.07) is 0. The van der Waals surface area contributed by atoms with Gasteiger partial charge in [-0.05, 0) is 12.8 Å². The fourth-order valence-corrected chi connectivity index (χ4v) is 3.04. The second-order valence-electron chi connectivity index (χ2n) is 5.45. The first-order valence-electron chi connectivity index (χ1n) is 6.56. The minimum atomic E-state index is -5.90. The number of rotatable bonds is 1. The molecule has 0 aliphatic carbocycles. The SMILES string of the molecule is CC(C)C1(F)CCCCC(F)C(F)(F)C(F)(F)OP(=O)(O)O1. The normalized spacial score (nSPS) is 40.2. The molecule has 3 unspecified atom stereocenters. The molecule has 0 saturated carbocycles. The molecule has 11 heteroatoms. The van der Waals surface area contributed by atoms with Crippen molar-refractivity contribution in [3.05, 3.63) is 0 Å². The minimum absolute atomic E-state index is 0.198. The Kier molecular flexibility index (Phi) is 5.65. The van der Waals surface area contributed by atoms with Gasteiger partial charge in [0.05, 0.1) is 0 Å². The van der Waals surface area contributed by atoms with Crippen molar-refractivity contribution < 1.29 is 44.8 Å². The molecule has 1 fully saturated rings. The van der Waals surface area contributed by atoms with Crippen molar-refractivity contribution in [2.75, 3.05) is 0 Å². The lowest BCUT2D eigenvalue weighted by Crippen LogP contribution is -2.49. The molecule has 0 aromatic rings. The quantitative estimate of drug-likeness (QED) is 0.551. The maximum absolute atomic E-state index is 14.5. The van der Waals surface area contributed by atoms with Crippen LogP contribution in [0.15, 0.2) is 0 Å². The molecule has 0 amide bonds.